The van der Waals surface area contributed by atoms with Gasteiger partial charge in [-0.3, -0.25) is 9.78 Å². The van der Waals surface area contributed by atoms with Gasteiger partial charge in [0, 0.05) is 12.1 Å². The van der Waals surface area contributed by atoms with Crippen LogP contribution in [0.5, 0.6) is 5.75 Å². The first-order valence-electron chi connectivity index (χ1n) is 6.65. The minimum Gasteiger partial charge on any atom is -0.493 e. The lowest BCUT2D eigenvalue weighted by Gasteiger charge is -2.12. The standard InChI is InChI=1S/C14H14ClFN2O2/c15-14-17-11-6-9(20-7-8-3-1-2-4-8)5-10(16)12(11)13(19)18-14/h5-6,8H,1-4,7H2,(H,17,18,19). The number of hydrogen-bond donors (Lipinski definition) is 1. The molecule has 0 unspecified atom stereocenters. The van der Waals surface area contributed by atoms with Crippen LogP contribution in [0.4, 0.5) is 4.39 Å². The second-order valence-corrected chi connectivity index (χ2v) is 5.48. The quantitative estimate of drug-likeness (QED) is 0.884. The normalized spacial score (nSPS) is 15.9. The first kappa shape index (κ1) is 13.4. The molecular weight excluding hydrogens is 283 g/mol. The van der Waals surface area contributed by atoms with E-state index < -0.39 is 11.4 Å². The number of halogens is 2. The van der Waals surface area contributed by atoms with E-state index in [2.05, 4.69) is 9.97 Å². The maximum atomic E-state index is 14.0. The molecule has 1 saturated carbocycles. The molecule has 6 heteroatoms. The topological polar surface area (TPSA) is 55.0 Å². The number of H-pyrrole nitrogens is 1. The zero-order valence-electron chi connectivity index (χ0n) is 10.8. The summed E-state index contributed by atoms with van der Waals surface area (Å²) in [4.78, 5) is 17.8. The monoisotopic (exact) mass is 296 g/mol. The maximum absolute atomic E-state index is 14.0. The smallest absolute Gasteiger partial charge is 0.262 e. The van der Waals surface area contributed by atoms with Crippen molar-refractivity contribution in [3.63, 3.8) is 0 Å². The van der Waals surface area contributed by atoms with Gasteiger partial charge in [-0.1, -0.05) is 12.8 Å². The van der Waals surface area contributed by atoms with Crippen molar-refractivity contribution in [1.29, 1.82) is 0 Å². The predicted molar refractivity (Wildman–Crippen MR) is 74.8 cm³/mol. The molecule has 1 heterocycles. The largest absolute Gasteiger partial charge is 0.493 e. The van der Waals surface area contributed by atoms with Crippen molar-refractivity contribution in [2.45, 2.75) is 25.7 Å². The molecule has 106 valence electrons. The summed E-state index contributed by atoms with van der Waals surface area (Å²) in [5.41, 5.74) is -0.375. The summed E-state index contributed by atoms with van der Waals surface area (Å²) < 4.78 is 19.6. The first-order valence-corrected chi connectivity index (χ1v) is 7.03. The highest BCUT2D eigenvalue weighted by Crippen LogP contribution is 2.27. The third kappa shape index (κ3) is 2.63. The summed E-state index contributed by atoms with van der Waals surface area (Å²) in [5, 5.41) is -0.155. The van der Waals surface area contributed by atoms with Gasteiger partial charge in [0.2, 0.25) is 5.28 Å². The van der Waals surface area contributed by atoms with Gasteiger partial charge in [0.25, 0.3) is 5.56 Å². The van der Waals surface area contributed by atoms with E-state index in [0.717, 1.165) is 12.8 Å². The molecule has 1 aromatic heterocycles. The Morgan fingerprint density at radius 1 is 1.40 bits per heavy atom. The van der Waals surface area contributed by atoms with Gasteiger partial charge >= 0.3 is 0 Å². The zero-order valence-corrected chi connectivity index (χ0v) is 11.5. The van der Waals surface area contributed by atoms with E-state index in [1.807, 2.05) is 0 Å². The summed E-state index contributed by atoms with van der Waals surface area (Å²) >= 11 is 5.68. The third-order valence-corrected chi connectivity index (χ3v) is 3.84. The van der Waals surface area contributed by atoms with Crippen LogP contribution in [-0.4, -0.2) is 16.6 Å². The molecule has 0 atom stereocenters. The number of aromatic nitrogens is 2. The van der Waals surface area contributed by atoms with E-state index in [9.17, 15) is 9.18 Å². The lowest BCUT2D eigenvalue weighted by Crippen LogP contribution is -2.11. The van der Waals surface area contributed by atoms with Gasteiger partial charge in [-0.05, 0) is 30.4 Å². The van der Waals surface area contributed by atoms with Crippen LogP contribution < -0.4 is 10.3 Å². The van der Waals surface area contributed by atoms with Crippen LogP contribution in [0.1, 0.15) is 25.7 Å². The van der Waals surface area contributed by atoms with Gasteiger partial charge in [0.05, 0.1) is 12.1 Å². The van der Waals surface area contributed by atoms with E-state index in [1.54, 1.807) is 6.07 Å². The van der Waals surface area contributed by atoms with Crippen molar-refractivity contribution in [3.8, 4) is 5.75 Å². The molecule has 20 heavy (non-hydrogen) atoms. The van der Waals surface area contributed by atoms with E-state index >= 15 is 0 Å². The third-order valence-electron chi connectivity index (χ3n) is 3.67. The lowest BCUT2D eigenvalue weighted by molar-refractivity contribution is 0.251. The molecule has 4 nitrogen and oxygen atoms in total. The number of rotatable bonds is 3. The van der Waals surface area contributed by atoms with Crippen molar-refractivity contribution < 1.29 is 9.13 Å². The highest BCUT2D eigenvalue weighted by Gasteiger charge is 2.16. The molecule has 1 fully saturated rings. The van der Waals surface area contributed by atoms with Gasteiger partial charge in [-0.15, -0.1) is 0 Å². The van der Waals surface area contributed by atoms with Gasteiger partial charge < -0.3 is 4.74 Å². The van der Waals surface area contributed by atoms with Gasteiger partial charge in [-0.2, -0.15) is 0 Å². The minimum atomic E-state index is -0.644. The van der Waals surface area contributed by atoms with Crippen LogP contribution in [0.15, 0.2) is 16.9 Å². The summed E-state index contributed by atoms with van der Waals surface area (Å²) in [7, 11) is 0. The van der Waals surface area contributed by atoms with Gasteiger partial charge in [0.1, 0.15) is 17.0 Å². The zero-order chi connectivity index (χ0) is 14.1. The molecule has 0 aliphatic heterocycles. The second kappa shape index (κ2) is 5.40. The minimum absolute atomic E-state index is 0.0603. The average molecular weight is 297 g/mol. The highest BCUT2D eigenvalue weighted by molar-refractivity contribution is 6.28. The van der Waals surface area contributed by atoms with Crippen LogP contribution in [0.3, 0.4) is 0 Å². The fraction of sp³-hybridized carbons (Fsp3) is 0.429. The van der Waals surface area contributed by atoms with E-state index in [4.69, 9.17) is 16.3 Å². The Kier molecular flexibility index (Phi) is 3.61. The molecule has 0 amide bonds. The number of aromatic amines is 1. The summed E-state index contributed by atoms with van der Waals surface area (Å²) in [5.74, 6) is 0.273. The maximum Gasteiger partial charge on any atom is 0.262 e. The van der Waals surface area contributed by atoms with Gasteiger partial charge in [-0.25, -0.2) is 9.37 Å². The molecule has 0 radical (unpaired) electrons. The van der Waals surface area contributed by atoms with Crippen LogP contribution >= 0.6 is 11.6 Å². The Hall–Kier alpha value is -1.62. The molecule has 1 N–H and O–H groups in total. The van der Waals surface area contributed by atoms with E-state index in [-0.39, 0.29) is 16.2 Å². The van der Waals surface area contributed by atoms with E-state index in [0.29, 0.717) is 18.3 Å². The molecule has 1 aromatic carbocycles. The Bertz CT molecular complexity index is 695. The fourth-order valence-corrected chi connectivity index (χ4v) is 2.82. The van der Waals surface area contributed by atoms with Crippen LogP contribution in [-0.2, 0) is 0 Å². The molecule has 1 aliphatic carbocycles. The average Bonchev–Trinajstić information content (AvgIpc) is 2.88. The van der Waals surface area contributed by atoms with Crippen molar-refractivity contribution in [2.24, 2.45) is 5.92 Å². The Labute approximate surface area is 119 Å². The number of benzene rings is 1. The van der Waals surface area contributed by atoms with Crippen LogP contribution in [0.2, 0.25) is 5.28 Å². The number of nitrogens with zero attached hydrogens (tertiary/aromatic N) is 1. The number of hydrogen-bond acceptors (Lipinski definition) is 3. The molecule has 0 saturated heterocycles. The van der Waals surface area contributed by atoms with Crippen molar-refractivity contribution in [3.05, 3.63) is 33.6 Å². The predicted octanol–water partition coefficient (Wildman–Crippen LogP) is 3.28. The Balaban J connectivity index is 1.90. The first-order chi connectivity index (χ1) is 9.63. The van der Waals surface area contributed by atoms with E-state index in [1.165, 1.54) is 18.9 Å². The lowest BCUT2D eigenvalue weighted by atomic mass is 10.1. The molecule has 1 aliphatic rings. The van der Waals surface area contributed by atoms with Gasteiger partial charge in [0.15, 0.2) is 0 Å². The summed E-state index contributed by atoms with van der Waals surface area (Å²) in [6.45, 7) is 0.571. The van der Waals surface area contributed by atoms with Crippen molar-refractivity contribution >= 4 is 22.5 Å². The fourth-order valence-electron chi connectivity index (χ4n) is 2.65. The van der Waals surface area contributed by atoms with Crippen LogP contribution in [0.25, 0.3) is 10.9 Å². The number of ether oxygens (including phenoxy) is 1. The second-order valence-electron chi connectivity index (χ2n) is 5.12. The highest BCUT2D eigenvalue weighted by atomic mass is 35.5. The molecule has 0 bridgehead atoms. The molecule has 2 aromatic rings. The number of fused-ring (bicyclic) bond motifs is 1. The van der Waals surface area contributed by atoms with Crippen molar-refractivity contribution in [2.75, 3.05) is 6.61 Å². The summed E-state index contributed by atoms with van der Waals surface area (Å²) in [6, 6.07) is 2.77. The molecular formula is C14H14ClFN2O2. The number of nitrogens with one attached hydrogen (secondary N) is 1. The van der Waals surface area contributed by atoms with Crippen LogP contribution in [0, 0.1) is 11.7 Å². The summed E-state index contributed by atoms with van der Waals surface area (Å²) in [6.07, 6.45) is 4.76. The SMILES string of the molecule is O=c1[nH]c(Cl)nc2cc(OCC3CCCC3)cc(F)c12. The molecule has 0 spiro atoms. The molecule has 3 rings (SSSR count). The Morgan fingerprint density at radius 2 is 2.15 bits per heavy atom. The van der Waals surface area contributed by atoms with Crippen molar-refractivity contribution in [1.82, 2.24) is 9.97 Å². The Morgan fingerprint density at radius 3 is 2.90 bits per heavy atom.